The third-order valence-electron chi connectivity index (χ3n) is 3.36. The fourth-order valence-electron chi connectivity index (χ4n) is 2.28. The Balaban J connectivity index is 1.93. The fourth-order valence-corrected chi connectivity index (χ4v) is 3.16. The van der Waals surface area contributed by atoms with Crippen LogP contribution in [0.4, 0.5) is 4.39 Å². The average molecular weight is 258 g/mol. The molecule has 3 aromatic rings. The van der Waals surface area contributed by atoms with E-state index in [4.69, 9.17) is 5.10 Å². The predicted molar refractivity (Wildman–Crippen MR) is 70.9 cm³/mol. The summed E-state index contributed by atoms with van der Waals surface area (Å²) >= 11 is 1.69. The molecule has 1 aromatic carbocycles. The van der Waals surface area contributed by atoms with Gasteiger partial charge in [-0.05, 0) is 48.6 Å². The zero-order valence-electron chi connectivity index (χ0n) is 9.64. The molecule has 0 bridgehead atoms. The maximum absolute atomic E-state index is 13.0. The molecule has 90 valence electrons. The van der Waals surface area contributed by atoms with Crippen LogP contribution < -0.4 is 0 Å². The van der Waals surface area contributed by atoms with Gasteiger partial charge in [0.05, 0.1) is 11.4 Å². The quantitative estimate of drug-likeness (QED) is 0.676. The minimum atomic E-state index is -0.212. The van der Waals surface area contributed by atoms with Gasteiger partial charge < -0.3 is 0 Å². The molecule has 0 radical (unpaired) electrons. The Morgan fingerprint density at radius 3 is 2.67 bits per heavy atom. The largest absolute Gasteiger partial charge is 0.223 e. The summed E-state index contributed by atoms with van der Waals surface area (Å²) < 4.78 is 14.9. The van der Waals surface area contributed by atoms with Gasteiger partial charge in [-0.1, -0.05) is 0 Å². The Kier molecular flexibility index (Phi) is 2.08. The molecule has 2 nitrogen and oxygen atoms in total. The molecule has 1 aliphatic rings. The third kappa shape index (κ3) is 1.49. The van der Waals surface area contributed by atoms with E-state index in [2.05, 4.69) is 11.4 Å². The summed E-state index contributed by atoms with van der Waals surface area (Å²) in [5, 5.41) is 8.07. The van der Waals surface area contributed by atoms with Gasteiger partial charge in [0.1, 0.15) is 10.6 Å². The van der Waals surface area contributed by atoms with Crippen molar-refractivity contribution in [1.82, 2.24) is 9.78 Å². The van der Waals surface area contributed by atoms with Gasteiger partial charge >= 0.3 is 0 Å². The van der Waals surface area contributed by atoms with Gasteiger partial charge in [-0.2, -0.15) is 5.10 Å². The van der Waals surface area contributed by atoms with Crippen molar-refractivity contribution < 1.29 is 4.39 Å². The second-order valence-corrected chi connectivity index (χ2v) is 5.58. The highest BCUT2D eigenvalue weighted by Gasteiger charge is 2.29. The molecular formula is C14H11FN2S. The number of hydrogen-bond donors (Lipinski definition) is 0. The van der Waals surface area contributed by atoms with E-state index in [9.17, 15) is 4.39 Å². The van der Waals surface area contributed by atoms with Gasteiger partial charge in [-0.15, -0.1) is 11.3 Å². The maximum Gasteiger partial charge on any atom is 0.127 e. The van der Waals surface area contributed by atoms with Gasteiger partial charge in [0.2, 0.25) is 0 Å². The first kappa shape index (κ1) is 10.3. The first-order valence-corrected chi connectivity index (χ1v) is 6.93. The van der Waals surface area contributed by atoms with E-state index in [0.717, 1.165) is 10.5 Å². The van der Waals surface area contributed by atoms with E-state index in [1.165, 1.54) is 36.1 Å². The summed E-state index contributed by atoms with van der Waals surface area (Å²) in [6.45, 7) is 0. The van der Waals surface area contributed by atoms with Crippen LogP contribution in [-0.4, -0.2) is 9.78 Å². The molecule has 1 fully saturated rings. The van der Waals surface area contributed by atoms with Crippen LogP contribution in [0.2, 0.25) is 0 Å². The van der Waals surface area contributed by atoms with E-state index in [1.54, 1.807) is 23.5 Å². The van der Waals surface area contributed by atoms with Gasteiger partial charge in [0.15, 0.2) is 0 Å². The monoisotopic (exact) mass is 258 g/mol. The SMILES string of the molecule is Fc1ccc(-n2nc(C3CC3)c3ccsc32)cc1. The third-order valence-corrected chi connectivity index (χ3v) is 4.24. The van der Waals surface area contributed by atoms with Crippen LogP contribution in [0.25, 0.3) is 15.9 Å². The molecule has 4 rings (SSSR count). The summed E-state index contributed by atoms with van der Waals surface area (Å²) in [7, 11) is 0. The van der Waals surface area contributed by atoms with Crippen LogP contribution in [-0.2, 0) is 0 Å². The zero-order valence-corrected chi connectivity index (χ0v) is 10.5. The number of rotatable bonds is 2. The molecule has 0 saturated heterocycles. The number of halogens is 1. The Morgan fingerprint density at radius 2 is 1.94 bits per heavy atom. The standard InChI is InChI=1S/C14H11FN2S/c15-10-3-5-11(6-4-10)17-14-12(7-8-18-14)13(16-17)9-1-2-9/h3-9H,1-2H2. The first-order chi connectivity index (χ1) is 8.83. The molecule has 0 N–H and O–H groups in total. The van der Waals surface area contributed by atoms with Crippen LogP contribution in [0.1, 0.15) is 24.5 Å². The summed E-state index contributed by atoms with van der Waals surface area (Å²) in [4.78, 5) is 1.16. The van der Waals surface area contributed by atoms with Crippen molar-refractivity contribution in [3.8, 4) is 5.69 Å². The van der Waals surface area contributed by atoms with E-state index < -0.39 is 0 Å². The summed E-state index contributed by atoms with van der Waals surface area (Å²) in [5.41, 5.74) is 2.13. The summed E-state index contributed by atoms with van der Waals surface area (Å²) in [6.07, 6.45) is 2.48. The molecule has 18 heavy (non-hydrogen) atoms. The second kappa shape index (κ2) is 3.65. The zero-order chi connectivity index (χ0) is 12.1. The lowest BCUT2D eigenvalue weighted by Crippen LogP contribution is -1.96. The van der Waals surface area contributed by atoms with Crippen molar-refractivity contribution in [2.45, 2.75) is 18.8 Å². The van der Waals surface area contributed by atoms with Crippen molar-refractivity contribution in [2.24, 2.45) is 0 Å². The van der Waals surface area contributed by atoms with E-state index in [0.29, 0.717) is 5.92 Å². The van der Waals surface area contributed by atoms with Crippen molar-refractivity contribution in [2.75, 3.05) is 0 Å². The van der Waals surface area contributed by atoms with Crippen LogP contribution in [0.3, 0.4) is 0 Å². The lowest BCUT2D eigenvalue weighted by Gasteiger charge is -2.01. The van der Waals surface area contributed by atoms with Crippen LogP contribution in [0.5, 0.6) is 0 Å². The van der Waals surface area contributed by atoms with Crippen LogP contribution in [0.15, 0.2) is 35.7 Å². The van der Waals surface area contributed by atoms with Crippen molar-refractivity contribution in [1.29, 1.82) is 0 Å². The summed E-state index contributed by atoms with van der Waals surface area (Å²) in [6, 6.07) is 8.65. The van der Waals surface area contributed by atoms with Gasteiger partial charge in [0, 0.05) is 11.3 Å². The van der Waals surface area contributed by atoms with E-state index in [-0.39, 0.29) is 5.82 Å². The summed E-state index contributed by atoms with van der Waals surface area (Å²) in [5.74, 6) is 0.416. The Bertz CT molecular complexity index is 707. The number of benzene rings is 1. The Labute approximate surface area is 108 Å². The molecule has 0 atom stereocenters. The minimum Gasteiger partial charge on any atom is -0.223 e. The van der Waals surface area contributed by atoms with Gasteiger partial charge in [0.25, 0.3) is 0 Å². The Hall–Kier alpha value is -1.68. The molecule has 2 aromatic heterocycles. The molecule has 0 amide bonds. The number of nitrogens with zero attached hydrogens (tertiary/aromatic N) is 2. The highest BCUT2D eigenvalue weighted by molar-refractivity contribution is 7.16. The molecule has 0 aliphatic heterocycles. The molecule has 2 heterocycles. The van der Waals surface area contributed by atoms with Gasteiger partial charge in [-0.25, -0.2) is 9.07 Å². The highest BCUT2D eigenvalue weighted by Crippen LogP contribution is 2.43. The molecule has 0 spiro atoms. The van der Waals surface area contributed by atoms with E-state index in [1.807, 2.05) is 4.68 Å². The minimum absolute atomic E-state index is 0.212. The number of fused-ring (bicyclic) bond motifs is 1. The Morgan fingerprint density at radius 1 is 1.17 bits per heavy atom. The lowest BCUT2D eigenvalue weighted by molar-refractivity contribution is 0.627. The normalized spacial score (nSPS) is 15.4. The number of aromatic nitrogens is 2. The molecule has 1 saturated carbocycles. The number of hydrogen-bond acceptors (Lipinski definition) is 2. The van der Waals surface area contributed by atoms with Crippen LogP contribution >= 0.6 is 11.3 Å². The molecule has 1 aliphatic carbocycles. The molecular weight excluding hydrogens is 247 g/mol. The van der Waals surface area contributed by atoms with Crippen LogP contribution in [0, 0.1) is 5.82 Å². The fraction of sp³-hybridized carbons (Fsp3) is 0.214. The first-order valence-electron chi connectivity index (χ1n) is 6.05. The highest BCUT2D eigenvalue weighted by atomic mass is 32.1. The van der Waals surface area contributed by atoms with E-state index >= 15 is 0 Å². The van der Waals surface area contributed by atoms with Gasteiger partial charge in [-0.3, -0.25) is 0 Å². The van der Waals surface area contributed by atoms with Crippen molar-refractivity contribution in [3.05, 3.63) is 47.2 Å². The lowest BCUT2D eigenvalue weighted by atomic mass is 10.2. The maximum atomic E-state index is 13.0. The average Bonchev–Trinajstić information content (AvgIpc) is 2.99. The van der Waals surface area contributed by atoms with Crippen molar-refractivity contribution >= 4 is 21.6 Å². The topological polar surface area (TPSA) is 17.8 Å². The number of thiophene rings is 1. The molecule has 4 heteroatoms. The van der Waals surface area contributed by atoms with Crippen molar-refractivity contribution in [3.63, 3.8) is 0 Å². The second-order valence-electron chi connectivity index (χ2n) is 4.69. The smallest absolute Gasteiger partial charge is 0.127 e. The molecule has 0 unspecified atom stereocenters. The predicted octanol–water partition coefficient (Wildman–Crippen LogP) is 4.10.